The standard InChI is InChI=1S/C16H15Cl2NO5S/c1-2-25(21,22)11-4-6-13(12(18)8-11)23-15-7-10(17)3-5-14(15)24-16(20)9-19/h3-8H,2,9,19H2,1H3. The number of esters is 1. The molecule has 0 fully saturated rings. The van der Waals surface area contributed by atoms with Crippen LogP contribution in [0.25, 0.3) is 0 Å². The Kier molecular flexibility index (Phi) is 6.29. The lowest BCUT2D eigenvalue weighted by atomic mass is 10.3. The molecule has 0 atom stereocenters. The number of rotatable bonds is 6. The van der Waals surface area contributed by atoms with Gasteiger partial charge in [0.1, 0.15) is 5.75 Å². The number of nitrogens with two attached hydrogens (primary N) is 1. The highest BCUT2D eigenvalue weighted by atomic mass is 35.5. The predicted octanol–water partition coefficient (Wildman–Crippen LogP) is 3.44. The smallest absolute Gasteiger partial charge is 0.325 e. The normalized spacial score (nSPS) is 11.2. The van der Waals surface area contributed by atoms with Crippen molar-refractivity contribution in [3.63, 3.8) is 0 Å². The second kappa shape index (κ2) is 8.05. The first-order chi connectivity index (χ1) is 11.8. The summed E-state index contributed by atoms with van der Waals surface area (Å²) in [6.45, 7) is 1.24. The van der Waals surface area contributed by atoms with Gasteiger partial charge < -0.3 is 15.2 Å². The quantitative estimate of drug-likeness (QED) is 0.585. The lowest BCUT2D eigenvalue weighted by molar-refractivity contribution is -0.132. The maximum absolute atomic E-state index is 11.9. The predicted molar refractivity (Wildman–Crippen MR) is 95.4 cm³/mol. The Balaban J connectivity index is 2.36. The number of halogens is 2. The van der Waals surface area contributed by atoms with Crippen LogP contribution in [0.1, 0.15) is 6.92 Å². The third-order valence-electron chi connectivity index (χ3n) is 3.16. The van der Waals surface area contributed by atoms with Crippen LogP contribution in [-0.2, 0) is 14.6 Å². The molecule has 0 spiro atoms. The van der Waals surface area contributed by atoms with Crippen molar-refractivity contribution >= 4 is 39.0 Å². The Morgan fingerprint density at radius 3 is 2.36 bits per heavy atom. The van der Waals surface area contributed by atoms with Crippen LogP contribution in [0.4, 0.5) is 0 Å². The molecule has 9 heteroatoms. The molecule has 0 aliphatic carbocycles. The summed E-state index contributed by atoms with van der Waals surface area (Å²) in [4.78, 5) is 11.5. The molecule has 134 valence electrons. The summed E-state index contributed by atoms with van der Waals surface area (Å²) < 4.78 is 34.5. The van der Waals surface area contributed by atoms with E-state index in [2.05, 4.69) is 0 Å². The van der Waals surface area contributed by atoms with Gasteiger partial charge in [-0.15, -0.1) is 0 Å². The fourth-order valence-electron chi connectivity index (χ4n) is 1.85. The zero-order valence-corrected chi connectivity index (χ0v) is 15.5. The largest absolute Gasteiger partial charge is 0.452 e. The number of ether oxygens (including phenoxy) is 2. The molecule has 0 heterocycles. The van der Waals surface area contributed by atoms with Crippen molar-refractivity contribution in [3.8, 4) is 17.2 Å². The van der Waals surface area contributed by atoms with E-state index in [1.807, 2.05) is 0 Å². The average molecular weight is 404 g/mol. The molecule has 2 aromatic carbocycles. The van der Waals surface area contributed by atoms with Crippen LogP contribution < -0.4 is 15.2 Å². The lowest BCUT2D eigenvalue weighted by Crippen LogP contribution is -2.19. The van der Waals surface area contributed by atoms with E-state index in [-0.39, 0.29) is 39.5 Å². The molecular formula is C16H15Cl2NO5S. The summed E-state index contributed by atoms with van der Waals surface area (Å²) in [5.41, 5.74) is 5.23. The summed E-state index contributed by atoms with van der Waals surface area (Å²) in [6, 6.07) is 8.51. The van der Waals surface area contributed by atoms with Gasteiger partial charge in [0.25, 0.3) is 0 Å². The van der Waals surface area contributed by atoms with Crippen LogP contribution in [0.2, 0.25) is 10.0 Å². The minimum Gasteiger partial charge on any atom is -0.452 e. The highest BCUT2D eigenvalue weighted by Gasteiger charge is 2.16. The number of carbonyl (C=O) groups excluding carboxylic acids is 1. The molecule has 0 saturated carbocycles. The van der Waals surface area contributed by atoms with E-state index in [1.54, 1.807) is 0 Å². The summed E-state index contributed by atoms with van der Waals surface area (Å²) in [6.07, 6.45) is 0. The van der Waals surface area contributed by atoms with Crippen LogP contribution in [-0.4, -0.2) is 26.7 Å². The van der Waals surface area contributed by atoms with E-state index in [1.165, 1.54) is 43.3 Å². The molecule has 0 saturated heterocycles. The Labute approximate surface area is 155 Å². The molecule has 2 N–H and O–H groups in total. The van der Waals surface area contributed by atoms with Crippen molar-refractivity contribution in [2.75, 3.05) is 12.3 Å². The van der Waals surface area contributed by atoms with Gasteiger partial charge in [-0.05, 0) is 30.3 Å². The Hall–Kier alpha value is -1.80. The van der Waals surface area contributed by atoms with E-state index < -0.39 is 15.8 Å². The fourth-order valence-corrected chi connectivity index (χ4v) is 3.21. The van der Waals surface area contributed by atoms with Crippen molar-refractivity contribution in [1.82, 2.24) is 0 Å². The molecule has 0 amide bonds. The number of carbonyl (C=O) groups is 1. The summed E-state index contributed by atoms with van der Waals surface area (Å²) >= 11 is 12.1. The van der Waals surface area contributed by atoms with Gasteiger partial charge in [-0.1, -0.05) is 30.1 Å². The second-order valence-corrected chi connectivity index (χ2v) is 7.99. The van der Waals surface area contributed by atoms with E-state index in [0.717, 1.165) is 0 Å². The molecular weight excluding hydrogens is 389 g/mol. The van der Waals surface area contributed by atoms with Crippen molar-refractivity contribution < 1.29 is 22.7 Å². The van der Waals surface area contributed by atoms with Gasteiger partial charge in [0.05, 0.1) is 22.2 Å². The molecule has 0 bridgehead atoms. The number of sulfone groups is 1. The van der Waals surface area contributed by atoms with E-state index >= 15 is 0 Å². The molecule has 25 heavy (non-hydrogen) atoms. The maximum atomic E-state index is 11.9. The lowest BCUT2D eigenvalue weighted by Gasteiger charge is -2.13. The first-order valence-electron chi connectivity index (χ1n) is 7.17. The fraction of sp³-hybridized carbons (Fsp3) is 0.188. The third-order valence-corrected chi connectivity index (χ3v) is 5.42. The molecule has 0 aromatic heterocycles. The Bertz CT molecular complexity index is 899. The number of hydrogen-bond donors (Lipinski definition) is 1. The van der Waals surface area contributed by atoms with E-state index in [0.29, 0.717) is 5.02 Å². The number of benzene rings is 2. The Morgan fingerprint density at radius 1 is 1.08 bits per heavy atom. The highest BCUT2D eigenvalue weighted by molar-refractivity contribution is 7.91. The molecule has 2 aromatic rings. The highest BCUT2D eigenvalue weighted by Crippen LogP contribution is 2.37. The van der Waals surface area contributed by atoms with E-state index in [4.69, 9.17) is 38.4 Å². The minimum absolute atomic E-state index is 0.0446. The molecule has 0 radical (unpaired) electrons. The van der Waals surface area contributed by atoms with Crippen molar-refractivity contribution in [1.29, 1.82) is 0 Å². The minimum atomic E-state index is -3.39. The maximum Gasteiger partial charge on any atom is 0.325 e. The van der Waals surface area contributed by atoms with Gasteiger partial charge >= 0.3 is 5.97 Å². The zero-order valence-electron chi connectivity index (χ0n) is 13.2. The number of hydrogen-bond acceptors (Lipinski definition) is 6. The monoisotopic (exact) mass is 403 g/mol. The van der Waals surface area contributed by atoms with Crippen LogP contribution in [0.5, 0.6) is 17.2 Å². The summed E-state index contributed by atoms with van der Waals surface area (Å²) in [5.74, 6) is -0.257. The topological polar surface area (TPSA) is 95.7 Å². The molecule has 6 nitrogen and oxygen atoms in total. The first kappa shape index (κ1) is 19.5. The summed E-state index contributed by atoms with van der Waals surface area (Å²) in [5, 5.41) is 0.439. The van der Waals surface area contributed by atoms with Crippen LogP contribution >= 0.6 is 23.2 Å². The molecule has 0 aliphatic heterocycles. The molecule has 0 aliphatic rings. The zero-order chi connectivity index (χ0) is 18.6. The van der Waals surface area contributed by atoms with Crippen LogP contribution in [0.3, 0.4) is 0 Å². The Morgan fingerprint density at radius 2 is 1.76 bits per heavy atom. The second-order valence-electron chi connectivity index (χ2n) is 4.87. The molecule has 0 unspecified atom stereocenters. The van der Waals surface area contributed by atoms with Crippen LogP contribution in [0.15, 0.2) is 41.3 Å². The van der Waals surface area contributed by atoms with Gasteiger partial charge in [0.2, 0.25) is 0 Å². The van der Waals surface area contributed by atoms with Crippen LogP contribution in [0, 0.1) is 0 Å². The van der Waals surface area contributed by atoms with Gasteiger partial charge in [0, 0.05) is 11.1 Å². The third kappa shape index (κ3) is 4.85. The molecule has 2 rings (SSSR count). The van der Waals surface area contributed by atoms with Gasteiger partial charge in [-0.2, -0.15) is 0 Å². The average Bonchev–Trinajstić information content (AvgIpc) is 2.58. The SMILES string of the molecule is CCS(=O)(=O)c1ccc(Oc2cc(Cl)ccc2OC(=O)CN)c(Cl)c1. The van der Waals surface area contributed by atoms with Gasteiger partial charge in [-0.25, -0.2) is 8.42 Å². The van der Waals surface area contributed by atoms with Gasteiger partial charge in [0.15, 0.2) is 21.3 Å². The van der Waals surface area contributed by atoms with Crippen molar-refractivity contribution in [2.24, 2.45) is 5.73 Å². The summed E-state index contributed by atoms with van der Waals surface area (Å²) in [7, 11) is -3.39. The first-order valence-corrected chi connectivity index (χ1v) is 9.58. The van der Waals surface area contributed by atoms with Crippen molar-refractivity contribution in [2.45, 2.75) is 11.8 Å². The van der Waals surface area contributed by atoms with Crippen molar-refractivity contribution in [3.05, 3.63) is 46.4 Å². The van der Waals surface area contributed by atoms with Gasteiger partial charge in [-0.3, -0.25) is 4.79 Å². The van der Waals surface area contributed by atoms with E-state index in [9.17, 15) is 13.2 Å².